The number of hydrogen-bond acceptors (Lipinski definition) is 4. The number of aliphatic hydroxyl groups is 1. The van der Waals surface area contributed by atoms with E-state index in [2.05, 4.69) is 10.3 Å². The largest absolute Gasteiger partial charge is 0.387 e. The van der Waals surface area contributed by atoms with E-state index >= 15 is 0 Å². The average Bonchev–Trinajstić information content (AvgIpc) is 2.17. The van der Waals surface area contributed by atoms with Gasteiger partial charge in [-0.05, 0) is 13.0 Å². The van der Waals surface area contributed by atoms with Gasteiger partial charge in [0.2, 0.25) is 5.91 Å². The van der Waals surface area contributed by atoms with Crippen molar-refractivity contribution in [3.8, 4) is 0 Å². The number of amides is 1. The van der Waals surface area contributed by atoms with Gasteiger partial charge in [0.1, 0.15) is 17.8 Å². The van der Waals surface area contributed by atoms with E-state index in [9.17, 15) is 14.7 Å². The average molecular weight is 206 g/mol. The van der Waals surface area contributed by atoms with Crippen LogP contribution in [-0.2, 0) is 9.59 Å². The molecule has 0 aliphatic carbocycles. The molecule has 2 heterocycles. The molecule has 1 amide bonds. The highest BCUT2D eigenvalue weighted by atomic mass is 16.3. The summed E-state index contributed by atoms with van der Waals surface area (Å²) in [4.78, 5) is 26.5. The first-order chi connectivity index (χ1) is 7.11. The lowest BCUT2D eigenvalue weighted by molar-refractivity contribution is -0.135. The number of hydrogen-bond donors (Lipinski definition) is 2. The second kappa shape index (κ2) is 3.43. The first-order valence-electron chi connectivity index (χ1n) is 4.54. The molecule has 2 rings (SSSR count). The van der Waals surface area contributed by atoms with Gasteiger partial charge in [-0.25, -0.2) is 0 Å². The zero-order chi connectivity index (χ0) is 11.0. The van der Waals surface area contributed by atoms with Crippen molar-refractivity contribution in [2.24, 2.45) is 5.92 Å². The third kappa shape index (κ3) is 1.50. The van der Waals surface area contributed by atoms with Crippen molar-refractivity contribution < 1.29 is 14.7 Å². The molecular weight excluding hydrogens is 196 g/mol. The van der Waals surface area contributed by atoms with Crippen molar-refractivity contribution in [1.29, 1.82) is 0 Å². The number of ketones is 1. The van der Waals surface area contributed by atoms with Crippen LogP contribution in [0.15, 0.2) is 18.5 Å². The van der Waals surface area contributed by atoms with Crippen molar-refractivity contribution in [2.75, 3.05) is 5.32 Å². The van der Waals surface area contributed by atoms with Crippen LogP contribution >= 0.6 is 0 Å². The van der Waals surface area contributed by atoms with Crippen LogP contribution in [0.4, 0.5) is 5.69 Å². The van der Waals surface area contributed by atoms with Crippen molar-refractivity contribution >= 4 is 17.4 Å². The summed E-state index contributed by atoms with van der Waals surface area (Å²) in [7, 11) is 0. The minimum atomic E-state index is -1.10. The molecule has 15 heavy (non-hydrogen) atoms. The summed E-state index contributed by atoms with van der Waals surface area (Å²) in [5.41, 5.74) is 0.998. The number of aromatic nitrogens is 1. The van der Waals surface area contributed by atoms with E-state index in [1.165, 1.54) is 19.3 Å². The molecule has 0 fully saturated rings. The van der Waals surface area contributed by atoms with E-state index in [0.29, 0.717) is 11.3 Å². The lowest BCUT2D eigenvalue weighted by Crippen LogP contribution is -2.37. The molecule has 1 aliphatic heterocycles. The molecule has 2 unspecified atom stereocenters. The number of Topliss-reactive ketones (excluding diaryl/α,β-unsaturated/α-hetero) is 1. The number of nitrogens with zero attached hydrogens (tertiary/aromatic N) is 1. The summed E-state index contributed by atoms with van der Waals surface area (Å²) in [6, 6.07) is 1.59. The Morgan fingerprint density at radius 3 is 3.00 bits per heavy atom. The van der Waals surface area contributed by atoms with Gasteiger partial charge in [-0.15, -0.1) is 0 Å². The number of pyridine rings is 1. The maximum atomic E-state index is 11.5. The minimum Gasteiger partial charge on any atom is -0.387 e. The number of anilines is 1. The van der Waals surface area contributed by atoms with Crippen molar-refractivity contribution in [2.45, 2.75) is 13.0 Å². The van der Waals surface area contributed by atoms with Gasteiger partial charge in [-0.2, -0.15) is 0 Å². The normalized spacial score (nSPS) is 24.3. The van der Waals surface area contributed by atoms with Gasteiger partial charge in [0, 0.05) is 23.6 Å². The van der Waals surface area contributed by atoms with Crippen molar-refractivity contribution in [3.05, 3.63) is 24.0 Å². The standard InChI is InChI=1S/C10H10N2O3/c1-5(13)8-9(14)6-4-11-3-2-7(6)12-10(8)15/h2-4,8-9,14H,1H3,(H,12,15). The molecule has 2 N–H and O–H groups in total. The first-order valence-corrected chi connectivity index (χ1v) is 4.54. The van der Waals surface area contributed by atoms with Crippen LogP contribution in [0.25, 0.3) is 0 Å². The van der Waals surface area contributed by atoms with Crippen LogP contribution in [0, 0.1) is 5.92 Å². The Labute approximate surface area is 86.1 Å². The van der Waals surface area contributed by atoms with Crippen LogP contribution in [0.2, 0.25) is 0 Å². The second-order valence-corrected chi connectivity index (χ2v) is 3.49. The molecule has 0 saturated carbocycles. The number of carbonyl (C=O) groups excluding carboxylic acids is 2. The number of fused-ring (bicyclic) bond motifs is 1. The first kappa shape index (κ1) is 9.79. The molecule has 0 radical (unpaired) electrons. The maximum absolute atomic E-state index is 11.5. The van der Waals surface area contributed by atoms with E-state index in [1.54, 1.807) is 6.07 Å². The Morgan fingerprint density at radius 2 is 2.33 bits per heavy atom. The highest BCUT2D eigenvalue weighted by molar-refractivity contribution is 6.09. The summed E-state index contributed by atoms with van der Waals surface area (Å²) in [6.45, 7) is 1.29. The van der Waals surface area contributed by atoms with Crippen LogP contribution in [0.3, 0.4) is 0 Å². The van der Waals surface area contributed by atoms with Gasteiger partial charge in [0.25, 0.3) is 0 Å². The fraction of sp³-hybridized carbons (Fsp3) is 0.300. The molecule has 1 aliphatic rings. The Bertz CT molecular complexity index is 430. The third-order valence-corrected chi connectivity index (χ3v) is 2.46. The molecule has 0 bridgehead atoms. The quantitative estimate of drug-likeness (QED) is 0.646. The van der Waals surface area contributed by atoms with Crippen LogP contribution in [0.1, 0.15) is 18.6 Å². The Balaban J connectivity index is 2.47. The van der Waals surface area contributed by atoms with E-state index in [-0.39, 0.29) is 5.78 Å². The highest BCUT2D eigenvalue weighted by Crippen LogP contribution is 2.33. The SMILES string of the molecule is CC(=O)C1C(=O)Nc2ccncc2C1O. The molecule has 5 nitrogen and oxygen atoms in total. The summed E-state index contributed by atoms with van der Waals surface area (Å²) >= 11 is 0. The fourth-order valence-electron chi connectivity index (χ4n) is 1.70. The molecule has 1 aromatic rings. The zero-order valence-electron chi connectivity index (χ0n) is 8.10. The molecule has 78 valence electrons. The Hall–Kier alpha value is -1.75. The maximum Gasteiger partial charge on any atom is 0.237 e. The molecule has 1 aromatic heterocycles. The highest BCUT2D eigenvalue weighted by Gasteiger charge is 2.37. The molecule has 5 heteroatoms. The minimum absolute atomic E-state index is 0.352. The van der Waals surface area contributed by atoms with E-state index in [0.717, 1.165) is 0 Å². The smallest absolute Gasteiger partial charge is 0.237 e. The van der Waals surface area contributed by atoms with E-state index in [1.807, 2.05) is 0 Å². The lowest BCUT2D eigenvalue weighted by atomic mass is 9.88. The monoisotopic (exact) mass is 206 g/mol. The summed E-state index contributed by atoms with van der Waals surface area (Å²) in [5.74, 6) is -1.84. The van der Waals surface area contributed by atoms with E-state index in [4.69, 9.17) is 0 Å². The lowest BCUT2D eigenvalue weighted by Gasteiger charge is -2.27. The summed E-state index contributed by atoms with van der Waals surface area (Å²) in [6.07, 6.45) is 1.87. The molecule has 2 atom stereocenters. The summed E-state index contributed by atoms with van der Waals surface area (Å²) in [5, 5.41) is 12.4. The van der Waals surface area contributed by atoms with Gasteiger partial charge < -0.3 is 10.4 Å². The topological polar surface area (TPSA) is 79.3 Å². The van der Waals surface area contributed by atoms with Crippen LogP contribution in [0.5, 0.6) is 0 Å². The molecule has 0 aromatic carbocycles. The van der Waals surface area contributed by atoms with Gasteiger partial charge in [0.05, 0.1) is 0 Å². The zero-order valence-corrected chi connectivity index (χ0v) is 8.10. The predicted octanol–water partition coefficient (Wildman–Crippen LogP) is 0.272. The number of aliphatic hydroxyl groups excluding tert-OH is 1. The third-order valence-electron chi connectivity index (χ3n) is 2.46. The number of nitrogens with one attached hydrogen (secondary N) is 1. The van der Waals surface area contributed by atoms with E-state index < -0.39 is 17.9 Å². The molecular formula is C10H10N2O3. The molecule has 0 spiro atoms. The van der Waals surface area contributed by atoms with Gasteiger partial charge in [-0.1, -0.05) is 0 Å². The van der Waals surface area contributed by atoms with Crippen LogP contribution < -0.4 is 5.32 Å². The fourth-order valence-corrected chi connectivity index (χ4v) is 1.70. The van der Waals surface area contributed by atoms with Crippen molar-refractivity contribution in [1.82, 2.24) is 4.98 Å². The predicted molar refractivity (Wildman–Crippen MR) is 52.0 cm³/mol. The second-order valence-electron chi connectivity index (χ2n) is 3.49. The Kier molecular flexibility index (Phi) is 2.24. The van der Waals surface area contributed by atoms with Gasteiger partial charge in [0.15, 0.2) is 0 Å². The van der Waals surface area contributed by atoms with Gasteiger partial charge >= 0.3 is 0 Å². The number of rotatable bonds is 1. The number of carbonyl (C=O) groups is 2. The van der Waals surface area contributed by atoms with Crippen molar-refractivity contribution in [3.63, 3.8) is 0 Å². The van der Waals surface area contributed by atoms with Crippen LogP contribution in [-0.4, -0.2) is 21.8 Å². The summed E-state index contributed by atoms with van der Waals surface area (Å²) < 4.78 is 0. The van der Waals surface area contributed by atoms with Gasteiger partial charge in [-0.3, -0.25) is 14.6 Å². The molecule has 0 saturated heterocycles. The Morgan fingerprint density at radius 1 is 1.60 bits per heavy atom.